The van der Waals surface area contributed by atoms with Crippen molar-refractivity contribution in [1.82, 2.24) is 0 Å². The Hall–Kier alpha value is -1.12. The van der Waals surface area contributed by atoms with Gasteiger partial charge in [0.2, 0.25) is 0 Å². The zero-order chi connectivity index (χ0) is 13.4. The molecule has 0 atom stereocenters. The molecule has 0 N–H and O–H groups in total. The van der Waals surface area contributed by atoms with E-state index in [9.17, 15) is 0 Å². The van der Waals surface area contributed by atoms with Gasteiger partial charge in [-0.3, -0.25) is 0 Å². The molecule has 0 aliphatic carbocycles. The fourth-order valence-electron chi connectivity index (χ4n) is 2.57. The number of hydrogen-bond acceptors (Lipinski definition) is 1. The second-order valence-electron chi connectivity index (χ2n) is 6.25. The molecule has 0 aromatic heterocycles. The topological polar surface area (TPSA) is 9.23 Å². The first kappa shape index (κ1) is 13.3. The highest BCUT2D eigenvalue weighted by molar-refractivity contribution is 6.69. The van der Waals surface area contributed by atoms with E-state index >= 15 is 0 Å². The maximum Gasteiger partial charge on any atom is 0.184 e. The summed E-state index contributed by atoms with van der Waals surface area (Å²) in [5.74, 6) is 0. The SMILES string of the molecule is CC(C)(O[Si](C)(C)C)c1cccc2ccccc12. The van der Waals surface area contributed by atoms with Crippen LogP contribution in [0.1, 0.15) is 19.4 Å². The van der Waals surface area contributed by atoms with Gasteiger partial charge in [0.15, 0.2) is 8.32 Å². The largest absolute Gasteiger partial charge is 0.409 e. The molecule has 0 aliphatic heterocycles. The molecule has 96 valence electrons. The summed E-state index contributed by atoms with van der Waals surface area (Å²) in [4.78, 5) is 0. The lowest BCUT2D eigenvalue weighted by Crippen LogP contribution is -2.36. The molecule has 0 amide bonds. The van der Waals surface area contributed by atoms with E-state index in [2.05, 4.69) is 76.0 Å². The van der Waals surface area contributed by atoms with E-state index < -0.39 is 8.32 Å². The zero-order valence-corrected chi connectivity index (χ0v) is 12.9. The van der Waals surface area contributed by atoms with Gasteiger partial charge in [-0.1, -0.05) is 42.5 Å². The lowest BCUT2D eigenvalue weighted by Gasteiger charge is -2.34. The van der Waals surface area contributed by atoms with Crippen LogP contribution in [0, 0.1) is 0 Å². The van der Waals surface area contributed by atoms with Gasteiger partial charge in [-0.15, -0.1) is 0 Å². The quantitative estimate of drug-likeness (QED) is 0.710. The van der Waals surface area contributed by atoms with Gasteiger partial charge in [-0.25, -0.2) is 0 Å². The summed E-state index contributed by atoms with van der Waals surface area (Å²) in [6, 6.07) is 15.0. The van der Waals surface area contributed by atoms with Crippen LogP contribution < -0.4 is 0 Å². The minimum absolute atomic E-state index is 0.231. The fourth-order valence-corrected chi connectivity index (χ4v) is 4.21. The van der Waals surface area contributed by atoms with Gasteiger partial charge >= 0.3 is 0 Å². The van der Waals surface area contributed by atoms with Crippen molar-refractivity contribution in [3.63, 3.8) is 0 Å². The maximum absolute atomic E-state index is 6.36. The molecule has 2 rings (SSSR count). The number of fused-ring (bicyclic) bond motifs is 1. The lowest BCUT2D eigenvalue weighted by molar-refractivity contribution is 0.102. The highest BCUT2D eigenvalue weighted by atomic mass is 28.4. The molecule has 1 nitrogen and oxygen atoms in total. The van der Waals surface area contributed by atoms with Crippen molar-refractivity contribution in [1.29, 1.82) is 0 Å². The van der Waals surface area contributed by atoms with Crippen LogP contribution in [0.3, 0.4) is 0 Å². The Bertz CT molecular complexity index is 547. The molecule has 0 spiro atoms. The maximum atomic E-state index is 6.36. The third-order valence-corrected chi connectivity index (χ3v) is 4.12. The molecule has 2 aromatic rings. The van der Waals surface area contributed by atoms with Crippen LogP contribution in [0.15, 0.2) is 42.5 Å². The highest BCUT2D eigenvalue weighted by Gasteiger charge is 2.29. The summed E-state index contributed by atoms with van der Waals surface area (Å²) < 4.78 is 6.36. The van der Waals surface area contributed by atoms with Gasteiger partial charge in [0.05, 0.1) is 5.60 Å². The third-order valence-electron chi connectivity index (χ3n) is 3.00. The molecule has 0 fully saturated rings. The van der Waals surface area contributed by atoms with Gasteiger partial charge in [-0.05, 0) is 49.8 Å². The van der Waals surface area contributed by atoms with Crippen LogP contribution in [-0.4, -0.2) is 8.32 Å². The second kappa shape index (κ2) is 4.52. The first-order valence-corrected chi connectivity index (χ1v) is 9.89. The van der Waals surface area contributed by atoms with E-state index in [1.54, 1.807) is 0 Å². The van der Waals surface area contributed by atoms with Crippen LogP contribution in [0.2, 0.25) is 19.6 Å². The van der Waals surface area contributed by atoms with E-state index in [-0.39, 0.29) is 5.60 Å². The minimum atomic E-state index is -1.56. The lowest BCUT2D eigenvalue weighted by atomic mass is 9.93. The summed E-state index contributed by atoms with van der Waals surface area (Å²) in [5.41, 5.74) is 1.05. The van der Waals surface area contributed by atoms with Crippen molar-refractivity contribution < 1.29 is 4.43 Å². The number of hydrogen-bond donors (Lipinski definition) is 0. The Morgan fingerprint density at radius 3 is 2.17 bits per heavy atom. The molecule has 0 unspecified atom stereocenters. The Kier molecular flexibility index (Phi) is 3.34. The highest BCUT2D eigenvalue weighted by Crippen LogP contribution is 2.33. The monoisotopic (exact) mass is 258 g/mol. The van der Waals surface area contributed by atoms with Crippen LogP contribution in [0.5, 0.6) is 0 Å². The van der Waals surface area contributed by atoms with Crippen LogP contribution in [0.25, 0.3) is 10.8 Å². The molecule has 0 heterocycles. The Labute approximate surface area is 111 Å². The third kappa shape index (κ3) is 2.82. The molecule has 2 heteroatoms. The average Bonchev–Trinajstić information content (AvgIpc) is 2.25. The molecular weight excluding hydrogens is 236 g/mol. The molecule has 0 saturated carbocycles. The predicted molar refractivity (Wildman–Crippen MR) is 81.4 cm³/mol. The summed E-state index contributed by atoms with van der Waals surface area (Å²) in [7, 11) is -1.56. The Morgan fingerprint density at radius 1 is 0.889 bits per heavy atom. The van der Waals surface area contributed by atoms with Gasteiger partial charge in [0.1, 0.15) is 0 Å². The summed E-state index contributed by atoms with van der Waals surface area (Å²) in [6.45, 7) is 11.1. The van der Waals surface area contributed by atoms with Crippen LogP contribution in [0.4, 0.5) is 0 Å². The zero-order valence-electron chi connectivity index (χ0n) is 11.9. The Balaban J connectivity index is 2.53. The van der Waals surface area contributed by atoms with Crippen LogP contribution >= 0.6 is 0 Å². The number of benzene rings is 2. The summed E-state index contributed by atoms with van der Waals surface area (Å²) >= 11 is 0. The van der Waals surface area contributed by atoms with Gasteiger partial charge in [0, 0.05) is 0 Å². The van der Waals surface area contributed by atoms with E-state index in [0.717, 1.165) is 0 Å². The van der Waals surface area contributed by atoms with Crippen molar-refractivity contribution in [2.24, 2.45) is 0 Å². The smallest absolute Gasteiger partial charge is 0.184 e. The summed E-state index contributed by atoms with van der Waals surface area (Å²) in [6.07, 6.45) is 0. The molecule has 0 radical (unpaired) electrons. The molecule has 0 saturated heterocycles. The van der Waals surface area contributed by atoms with E-state index in [1.807, 2.05) is 0 Å². The second-order valence-corrected chi connectivity index (χ2v) is 10.7. The van der Waals surface area contributed by atoms with Crippen molar-refractivity contribution in [2.75, 3.05) is 0 Å². The van der Waals surface area contributed by atoms with Crippen molar-refractivity contribution in [3.8, 4) is 0 Å². The summed E-state index contributed by atoms with van der Waals surface area (Å²) in [5, 5.41) is 2.57. The van der Waals surface area contributed by atoms with Crippen molar-refractivity contribution >= 4 is 19.1 Å². The normalized spacial score (nSPS) is 12.9. The molecular formula is C16H22OSi. The molecule has 2 aromatic carbocycles. The van der Waals surface area contributed by atoms with Crippen molar-refractivity contribution in [2.45, 2.75) is 39.1 Å². The van der Waals surface area contributed by atoms with E-state index in [0.29, 0.717) is 0 Å². The minimum Gasteiger partial charge on any atom is -0.409 e. The first-order valence-electron chi connectivity index (χ1n) is 6.48. The van der Waals surface area contributed by atoms with Gasteiger partial charge in [0.25, 0.3) is 0 Å². The van der Waals surface area contributed by atoms with Gasteiger partial charge < -0.3 is 4.43 Å². The standard InChI is InChI=1S/C16H22OSi/c1-16(2,17-18(3,4)5)15-12-8-10-13-9-6-7-11-14(13)15/h6-12H,1-5H3. The molecule has 0 aliphatic rings. The predicted octanol–water partition coefficient (Wildman–Crippen LogP) is 4.93. The van der Waals surface area contributed by atoms with Gasteiger partial charge in [-0.2, -0.15) is 0 Å². The fraction of sp³-hybridized carbons (Fsp3) is 0.375. The van der Waals surface area contributed by atoms with Crippen LogP contribution in [-0.2, 0) is 10.0 Å². The van der Waals surface area contributed by atoms with E-state index in [4.69, 9.17) is 4.43 Å². The average molecular weight is 258 g/mol. The van der Waals surface area contributed by atoms with E-state index in [1.165, 1.54) is 16.3 Å². The Morgan fingerprint density at radius 2 is 1.50 bits per heavy atom. The first-order chi connectivity index (χ1) is 8.30. The molecule has 0 bridgehead atoms. The number of rotatable bonds is 3. The molecule has 18 heavy (non-hydrogen) atoms. The van der Waals surface area contributed by atoms with Crippen molar-refractivity contribution in [3.05, 3.63) is 48.0 Å².